The van der Waals surface area contributed by atoms with Crippen LogP contribution in [-0.4, -0.2) is 56.3 Å². The van der Waals surface area contributed by atoms with Crippen molar-refractivity contribution in [3.8, 4) is 11.4 Å². The van der Waals surface area contributed by atoms with Crippen LogP contribution in [0.25, 0.3) is 11.4 Å². The number of aromatic nitrogens is 4. The van der Waals surface area contributed by atoms with Crippen molar-refractivity contribution in [3.05, 3.63) is 29.8 Å². The van der Waals surface area contributed by atoms with Gasteiger partial charge in [-0.2, -0.15) is 5.21 Å². The number of carbonyl (C=O) groups excluding carboxylic acids is 3. The van der Waals surface area contributed by atoms with Crippen molar-refractivity contribution in [3.63, 3.8) is 0 Å². The molecule has 1 aromatic carbocycles. The average Bonchev–Trinajstić information content (AvgIpc) is 3.00. The SMILES string of the molecule is O=C1CN(C(=O)c2cccc(-c3nn[nH]n3)c2)CC(=O)N1. The Balaban J connectivity index is 1.86. The van der Waals surface area contributed by atoms with Gasteiger partial charge in [-0.15, -0.1) is 10.2 Å². The number of piperazine rings is 1. The van der Waals surface area contributed by atoms with E-state index in [2.05, 4.69) is 25.9 Å². The molecule has 0 spiro atoms. The smallest absolute Gasteiger partial charge is 0.254 e. The lowest BCUT2D eigenvalue weighted by molar-refractivity contribution is -0.135. The number of amides is 3. The van der Waals surface area contributed by atoms with E-state index in [0.717, 1.165) is 0 Å². The van der Waals surface area contributed by atoms with Crippen LogP contribution in [0.1, 0.15) is 10.4 Å². The highest BCUT2D eigenvalue weighted by Gasteiger charge is 2.27. The van der Waals surface area contributed by atoms with Crippen LogP contribution in [0.2, 0.25) is 0 Å². The zero-order valence-electron chi connectivity index (χ0n) is 10.7. The highest BCUT2D eigenvalue weighted by molar-refractivity contribution is 6.05. The van der Waals surface area contributed by atoms with Crippen molar-refractivity contribution in [2.45, 2.75) is 0 Å². The summed E-state index contributed by atoms with van der Waals surface area (Å²) in [6.45, 7) is -0.284. The minimum Gasteiger partial charge on any atom is -0.320 e. The number of nitrogens with one attached hydrogen (secondary N) is 2. The minimum atomic E-state index is -0.492. The van der Waals surface area contributed by atoms with Gasteiger partial charge in [0.25, 0.3) is 5.91 Å². The van der Waals surface area contributed by atoms with E-state index in [1.165, 1.54) is 4.90 Å². The van der Waals surface area contributed by atoms with E-state index in [1.54, 1.807) is 24.3 Å². The van der Waals surface area contributed by atoms with Crippen LogP contribution < -0.4 is 5.32 Å². The summed E-state index contributed by atoms with van der Waals surface area (Å²) >= 11 is 0. The third kappa shape index (κ3) is 2.61. The molecule has 0 saturated carbocycles. The van der Waals surface area contributed by atoms with Crippen molar-refractivity contribution in [2.75, 3.05) is 13.1 Å². The van der Waals surface area contributed by atoms with Crippen LogP contribution in [0.3, 0.4) is 0 Å². The van der Waals surface area contributed by atoms with Crippen molar-refractivity contribution in [1.29, 1.82) is 0 Å². The van der Waals surface area contributed by atoms with Crippen molar-refractivity contribution >= 4 is 17.7 Å². The van der Waals surface area contributed by atoms with Crippen molar-refractivity contribution in [2.24, 2.45) is 0 Å². The number of nitrogens with zero attached hydrogens (tertiary/aromatic N) is 4. The summed E-state index contributed by atoms with van der Waals surface area (Å²) in [7, 11) is 0. The van der Waals surface area contributed by atoms with Gasteiger partial charge in [-0.1, -0.05) is 12.1 Å². The first-order chi connectivity index (χ1) is 10.1. The molecule has 106 valence electrons. The van der Waals surface area contributed by atoms with E-state index in [-0.39, 0.29) is 13.1 Å². The summed E-state index contributed by atoms with van der Waals surface area (Å²) in [5.74, 6) is -1.02. The topological polar surface area (TPSA) is 121 Å². The minimum absolute atomic E-state index is 0.142. The van der Waals surface area contributed by atoms with Crippen LogP contribution in [0, 0.1) is 0 Å². The third-order valence-corrected chi connectivity index (χ3v) is 2.95. The van der Waals surface area contributed by atoms with E-state index in [4.69, 9.17) is 0 Å². The molecule has 2 heterocycles. The second kappa shape index (κ2) is 5.12. The first kappa shape index (κ1) is 12.9. The molecular weight excluding hydrogens is 276 g/mol. The lowest BCUT2D eigenvalue weighted by Crippen LogP contribution is -2.53. The molecule has 2 N–H and O–H groups in total. The number of aromatic amines is 1. The fourth-order valence-electron chi connectivity index (χ4n) is 2.04. The third-order valence-electron chi connectivity index (χ3n) is 2.95. The first-order valence-corrected chi connectivity index (χ1v) is 6.09. The van der Waals surface area contributed by atoms with Gasteiger partial charge in [-0.05, 0) is 17.3 Å². The molecule has 1 fully saturated rings. The Morgan fingerprint density at radius 3 is 2.62 bits per heavy atom. The standard InChI is InChI=1S/C12H10N6O3/c19-9-5-18(6-10(20)13-9)12(21)8-3-1-2-7(4-8)11-14-16-17-15-11/h1-4H,5-6H2,(H,13,19,20)(H,14,15,16,17). The lowest BCUT2D eigenvalue weighted by Gasteiger charge is -2.25. The first-order valence-electron chi connectivity index (χ1n) is 6.09. The summed E-state index contributed by atoms with van der Waals surface area (Å²) in [4.78, 5) is 36.2. The molecule has 9 heteroatoms. The molecule has 0 aliphatic carbocycles. The van der Waals surface area contributed by atoms with Crippen LogP contribution in [0.4, 0.5) is 0 Å². The predicted molar refractivity (Wildman–Crippen MR) is 68.7 cm³/mol. The number of benzene rings is 1. The van der Waals surface area contributed by atoms with Crippen molar-refractivity contribution in [1.82, 2.24) is 30.8 Å². The van der Waals surface area contributed by atoms with E-state index in [0.29, 0.717) is 17.0 Å². The Hall–Kier alpha value is -3.10. The molecule has 1 saturated heterocycles. The number of carbonyl (C=O) groups is 3. The van der Waals surface area contributed by atoms with Gasteiger partial charge in [0.15, 0.2) is 0 Å². The number of hydrogen-bond acceptors (Lipinski definition) is 6. The molecular formula is C12H10N6O3. The van der Waals surface area contributed by atoms with E-state index in [1.807, 2.05) is 0 Å². The fraction of sp³-hybridized carbons (Fsp3) is 0.167. The maximum absolute atomic E-state index is 12.3. The molecule has 0 atom stereocenters. The van der Waals surface area contributed by atoms with Crippen molar-refractivity contribution < 1.29 is 14.4 Å². The van der Waals surface area contributed by atoms with Gasteiger partial charge in [0.1, 0.15) is 13.1 Å². The van der Waals surface area contributed by atoms with Gasteiger partial charge >= 0.3 is 0 Å². The van der Waals surface area contributed by atoms with Gasteiger partial charge < -0.3 is 4.90 Å². The Morgan fingerprint density at radius 1 is 1.19 bits per heavy atom. The van der Waals surface area contributed by atoms with E-state index < -0.39 is 17.7 Å². The molecule has 1 aliphatic heterocycles. The van der Waals surface area contributed by atoms with Gasteiger partial charge in [0, 0.05) is 11.1 Å². The maximum atomic E-state index is 12.3. The zero-order valence-corrected chi connectivity index (χ0v) is 10.7. The molecule has 0 radical (unpaired) electrons. The fourth-order valence-corrected chi connectivity index (χ4v) is 2.04. The Morgan fingerprint density at radius 2 is 1.95 bits per heavy atom. The predicted octanol–water partition coefficient (Wildman–Crippen LogP) is -1.03. The summed E-state index contributed by atoms with van der Waals surface area (Å²) in [5, 5.41) is 15.6. The molecule has 21 heavy (non-hydrogen) atoms. The quantitative estimate of drug-likeness (QED) is 0.680. The molecule has 9 nitrogen and oxygen atoms in total. The second-order valence-electron chi connectivity index (χ2n) is 4.45. The number of imide groups is 1. The average molecular weight is 286 g/mol. The summed E-state index contributed by atoms with van der Waals surface area (Å²) < 4.78 is 0. The second-order valence-corrected chi connectivity index (χ2v) is 4.45. The van der Waals surface area contributed by atoms with Crippen LogP contribution in [0.15, 0.2) is 24.3 Å². The number of tetrazole rings is 1. The van der Waals surface area contributed by atoms with Crippen LogP contribution in [0.5, 0.6) is 0 Å². The molecule has 0 unspecified atom stereocenters. The normalized spacial score (nSPS) is 15.0. The highest BCUT2D eigenvalue weighted by atomic mass is 16.2. The number of hydrogen-bond donors (Lipinski definition) is 2. The molecule has 3 rings (SSSR count). The summed E-state index contributed by atoms with van der Waals surface area (Å²) in [6, 6.07) is 6.59. The molecule has 2 aromatic rings. The summed E-state index contributed by atoms with van der Waals surface area (Å²) in [5.41, 5.74) is 0.960. The number of H-pyrrole nitrogens is 1. The van der Waals surface area contributed by atoms with Gasteiger partial charge in [0.2, 0.25) is 17.6 Å². The molecule has 1 aliphatic rings. The monoisotopic (exact) mass is 286 g/mol. The highest BCUT2D eigenvalue weighted by Crippen LogP contribution is 2.16. The van der Waals surface area contributed by atoms with Crippen LogP contribution >= 0.6 is 0 Å². The molecule has 3 amide bonds. The molecule has 1 aromatic heterocycles. The lowest BCUT2D eigenvalue weighted by atomic mass is 10.1. The van der Waals surface area contributed by atoms with Gasteiger partial charge in [-0.25, -0.2) is 0 Å². The molecule has 0 bridgehead atoms. The van der Waals surface area contributed by atoms with Gasteiger partial charge in [-0.3, -0.25) is 19.7 Å². The Bertz CT molecular complexity index is 696. The van der Waals surface area contributed by atoms with E-state index in [9.17, 15) is 14.4 Å². The maximum Gasteiger partial charge on any atom is 0.254 e. The summed E-state index contributed by atoms with van der Waals surface area (Å²) in [6.07, 6.45) is 0. The van der Waals surface area contributed by atoms with E-state index >= 15 is 0 Å². The number of rotatable bonds is 2. The largest absolute Gasteiger partial charge is 0.320 e. The van der Waals surface area contributed by atoms with Crippen LogP contribution in [-0.2, 0) is 9.59 Å². The van der Waals surface area contributed by atoms with Gasteiger partial charge in [0.05, 0.1) is 0 Å². The Labute approximate surface area is 118 Å². The Kier molecular flexibility index (Phi) is 3.14. The zero-order chi connectivity index (χ0) is 14.8.